The molecule has 0 saturated heterocycles. The van der Waals surface area contributed by atoms with E-state index in [9.17, 15) is 4.79 Å². The van der Waals surface area contributed by atoms with Gasteiger partial charge < -0.3 is 9.15 Å². The topological polar surface area (TPSA) is 65.2 Å². The van der Waals surface area contributed by atoms with Crippen LogP contribution in [0.2, 0.25) is 10.0 Å². The van der Waals surface area contributed by atoms with Crippen molar-refractivity contribution in [3.8, 4) is 5.75 Å². The summed E-state index contributed by atoms with van der Waals surface area (Å²) >= 11 is 13.0. The number of nitrogens with zero attached hydrogens (tertiary/aromatic N) is 2. The van der Waals surface area contributed by atoms with E-state index >= 15 is 0 Å². The number of Topliss-reactive ketones (excluding diaryl/α,β-unsaturated/α-hetero) is 1. The van der Waals surface area contributed by atoms with E-state index in [0.29, 0.717) is 26.7 Å². The van der Waals surface area contributed by atoms with Gasteiger partial charge in [0.2, 0.25) is 0 Å². The van der Waals surface area contributed by atoms with Crippen LogP contribution in [0.5, 0.6) is 5.75 Å². The molecule has 0 aliphatic heterocycles. The van der Waals surface area contributed by atoms with Crippen molar-refractivity contribution in [2.45, 2.75) is 25.7 Å². The molecule has 0 aliphatic rings. The number of carbonyl (C=O) groups excluding carboxylic acids is 1. The number of aryl methyl sites for hydroxylation is 2. The highest BCUT2D eigenvalue weighted by atomic mass is 35.5. The second-order valence-corrected chi connectivity index (χ2v) is 7.60. The molecule has 3 aromatic rings. The van der Waals surface area contributed by atoms with Gasteiger partial charge in [-0.3, -0.25) is 4.79 Å². The quantitative estimate of drug-likeness (QED) is 0.367. The molecule has 0 radical (unpaired) electrons. The van der Waals surface area contributed by atoms with Gasteiger partial charge in [-0.15, -0.1) is 10.2 Å². The first-order valence-electron chi connectivity index (χ1n) is 8.06. The van der Waals surface area contributed by atoms with Crippen LogP contribution in [0.25, 0.3) is 0 Å². The van der Waals surface area contributed by atoms with E-state index < -0.39 is 0 Å². The Morgan fingerprint density at radius 1 is 1.11 bits per heavy atom. The van der Waals surface area contributed by atoms with Gasteiger partial charge in [0, 0.05) is 10.6 Å². The van der Waals surface area contributed by atoms with Gasteiger partial charge in [-0.1, -0.05) is 41.0 Å². The van der Waals surface area contributed by atoms with Crippen LogP contribution in [0.15, 0.2) is 46.0 Å². The Balaban J connectivity index is 1.54. The maximum Gasteiger partial charge on any atom is 0.277 e. The summed E-state index contributed by atoms with van der Waals surface area (Å²) in [5.41, 5.74) is 2.75. The molecule has 5 nitrogen and oxygen atoms in total. The smallest absolute Gasteiger partial charge is 0.277 e. The molecule has 0 fully saturated rings. The molecule has 0 spiro atoms. The van der Waals surface area contributed by atoms with Crippen molar-refractivity contribution in [2.75, 3.05) is 5.75 Å². The zero-order valence-electron chi connectivity index (χ0n) is 14.7. The van der Waals surface area contributed by atoms with E-state index in [1.165, 1.54) is 11.6 Å². The largest absolute Gasteiger partial charge is 0.484 e. The van der Waals surface area contributed by atoms with E-state index in [-0.39, 0.29) is 18.1 Å². The summed E-state index contributed by atoms with van der Waals surface area (Å²) in [6.45, 7) is 4.22. The number of hydrogen-bond acceptors (Lipinski definition) is 6. The van der Waals surface area contributed by atoms with Gasteiger partial charge in [0.25, 0.3) is 11.1 Å². The zero-order valence-corrected chi connectivity index (χ0v) is 17.0. The summed E-state index contributed by atoms with van der Waals surface area (Å²) in [7, 11) is 0. The Morgan fingerprint density at radius 2 is 1.93 bits per heavy atom. The summed E-state index contributed by atoms with van der Waals surface area (Å²) in [4.78, 5) is 12.3. The van der Waals surface area contributed by atoms with Gasteiger partial charge in [0.1, 0.15) is 5.75 Å². The first-order valence-corrected chi connectivity index (χ1v) is 9.80. The molecular weight excluding hydrogens is 407 g/mol. The Bertz CT molecular complexity index is 975. The maximum atomic E-state index is 12.3. The minimum absolute atomic E-state index is 0.126. The van der Waals surface area contributed by atoms with Crippen LogP contribution in [0.1, 0.15) is 27.4 Å². The molecule has 140 valence electrons. The van der Waals surface area contributed by atoms with Gasteiger partial charge in [-0.05, 0) is 55.3 Å². The molecule has 1 heterocycles. The van der Waals surface area contributed by atoms with Crippen molar-refractivity contribution in [2.24, 2.45) is 0 Å². The highest BCUT2D eigenvalue weighted by molar-refractivity contribution is 7.99. The van der Waals surface area contributed by atoms with Crippen molar-refractivity contribution in [3.05, 3.63) is 69.0 Å². The second kappa shape index (κ2) is 8.78. The summed E-state index contributed by atoms with van der Waals surface area (Å²) in [5.74, 6) is 1.06. The van der Waals surface area contributed by atoms with Crippen LogP contribution >= 0.6 is 35.0 Å². The number of ketones is 1. The number of aromatic nitrogens is 2. The van der Waals surface area contributed by atoms with Gasteiger partial charge >= 0.3 is 0 Å². The van der Waals surface area contributed by atoms with Gasteiger partial charge in [0.15, 0.2) is 12.4 Å². The Labute approximate surface area is 171 Å². The van der Waals surface area contributed by atoms with Crippen LogP contribution in [-0.2, 0) is 6.61 Å². The van der Waals surface area contributed by atoms with E-state index in [4.69, 9.17) is 32.4 Å². The molecule has 2 aromatic carbocycles. The molecule has 0 bridgehead atoms. The summed E-state index contributed by atoms with van der Waals surface area (Å²) in [6.07, 6.45) is 0. The maximum absolute atomic E-state index is 12.3. The lowest BCUT2D eigenvalue weighted by Gasteiger charge is -2.05. The standard InChI is InChI=1S/C19H16Cl2N2O3S/c1-11-3-5-14(7-12(11)2)25-9-18-22-23-19(26-18)27-10-17(24)15-6-4-13(20)8-16(15)21/h3-8H,9-10H2,1-2H3. The minimum Gasteiger partial charge on any atom is -0.484 e. The molecule has 0 unspecified atom stereocenters. The molecule has 0 N–H and O–H groups in total. The second-order valence-electron chi connectivity index (χ2n) is 5.83. The summed E-state index contributed by atoms with van der Waals surface area (Å²) < 4.78 is 11.2. The highest BCUT2D eigenvalue weighted by Gasteiger charge is 2.14. The van der Waals surface area contributed by atoms with Crippen molar-refractivity contribution in [1.29, 1.82) is 0 Å². The van der Waals surface area contributed by atoms with Gasteiger partial charge in [-0.25, -0.2) is 0 Å². The molecule has 0 amide bonds. The predicted molar refractivity (Wildman–Crippen MR) is 106 cm³/mol. The SMILES string of the molecule is Cc1ccc(OCc2nnc(SCC(=O)c3ccc(Cl)cc3Cl)o2)cc1C. The number of thioether (sulfide) groups is 1. The Morgan fingerprint density at radius 3 is 2.67 bits per heavy atom. The Kier molecular flexibility index (Phi) is 6.42. The average molecular weight is 423 g/mol. The van der Waals surface area contributed by atoms with Crippen molar-refractivity contribution in [1.82, 2.24) is 10.2 Å². The molecule has 0 atom stereocenters. The fourth-order valence-corrected chi connectivity index (χ4v) is 3.40. The van der Waals surface area contributed by atoms with Crippen LogP contribution in [0.4, 0.5) is 0 Å². The minimum atomic E-state index is -0.146. The molecule has 8 heteroatoms. The van der Waals surface area contributed by atoms with Gasteiger partial charge in [-0.2, -0.15) is 0 Å². The van der Waals surface area contributed by atoms with Crippen molar-refractivity contribution in [3.63, 3.8) is 0 Å². The molecular formula is C19H16Cl2N2O3S. The van der Waals surface area contributed by atoms with Crippen LogP contribution in [0, 0.1) is 13.8 Å². The van der Waals surface area contributed by atoms with E-state index in [1.54, 1.807) is 12.1 Å². The molecule has 1 aromatic heterocycles. The lowest BCUT2D eigenvalue weighted by Crippen LogP contribution is -2.03. The molecule has 0 saturated carbocycles. The normalized spacial score (nSPS) is 10.8. The Hall–Kier alpha value is -2.02. The van der Waals surface area contributed by atoms with Crippen LogP contribution in [-0.4, -0.2) is 21.7 Å². The third-order valence-electron chi connectivity index (χ3n) is 3.85. The molecule has 3 rings (SSSR count). The highest BCUT2D eigenvalue weighted by Crippen LogP contribution is 2.24. The summed E-state index contributed by atoms with van der Waals surface area (Å²) in [5, 5.41) is 8.96. The number of halogens is 2. The van der Waals surface area contributed by atoms with Crippen molar-refractivity contribution >= 4 is 40.7 Å². The van der Waals surface area contributed by atoms with Crippen molar-refractivity contribution < 1.29 is 13.9 Å². The summed E-state index contributed by atoms with van der Waals surface area (Å²) in [6, 6.07) is 10.6. The third-order valence-corrected chi connectivity index (χ3v) is 5.21. The lowest BCUT2D eigenvalue weighted by atomic mass is 10.1. The molecule has 0 aliphatic carbocycles. The first kappa shape index (κ1) is 19.7. The van der Waals surface area contributed by atoms with E-state index in [1.807, 2.05) is 32.0 Å². The average Bonchev–Trinajstić information content (AvgIpc) is 3.08. The molecule has 27 heavy (non-hydrogen) atoms. The fraction of sp³-hybridized carbons (Fsp3) is 0.211. The van der Waals surface area contributed by atoms with E-state index in [0.717, 1.165) is 23.1 Å². The predicted octanol–water partition coefficient (Wildman–Crippen LogP) is 5.55. The zero-order chi connectivity index (χ0) is 19.4. The first-order chi connectivity index (χ1) is 12.9. The number of carbonyl (C=O) groups is 1. The third kappa shape index (κ3) is 5.25. The van der Waals surface area contributed by atoms with Crippen LogP contribution < -0.4 is 4.74 Å². The van der Waals surface area contributed by atoms with Crippen LogP contribution in [0.3, 0.4) is 0 Å². The number of benzene rings is 2. The fourth-order valence-electron chi connectivity index (χ4n) is 2.22. The number of ether oxygens (including phenoxy) is 1. The number of rotatable bonds is 7. The monoisotopic (exact) mass is 422 g/mol. The van der Waals surface area contributed by atoms with Gasteiger partial charge in [0.05, 0.1) is 10.8 Å². The number of hydrogen-bond donors (Lipinski definition) is 0. The lowest BCUT2D eigenvalue weighted by molar-refractivity contribution is 0.102. The van der Waals surface area contributed by atoms with E-state index in [2.05, 4.69) is 10.2 Å².